The number of rotatable bonds is 8. The van der Waals surface area contributed by atoms with E-state index in [0.717, 1.165) is 38.7 Å². The molecular formula is C12H26N4S. The second-order valence-electron chi connectivity index (χ2n) is 4.35. The fraction of sp³-hybridized carbons (Fsp3) is 0.917. The van der Waals surface area contributed by atoms with Gasteiger partial charge in [-0.2, -0.15) is 11.8 Å². The third-order valence-electron chi connectivity index (χ3n) is 3.41. The first-order valence-electron chi connectivity index (χ1n) is 6.50. The van der Waals surface area contributed by atoms with Gasteiger partial charge >= 0.3 is 0 Å². The highest BCUT2D eigenvalue weighted by Crippen LogP contribution is 2.14. The highest BCUT2D eigenvalue weighted by Gasteiger charge is 2.25. The molecule has 0 aliphatic carbocycles. The lowest BCUT2D eigenvalue weighted by Gasteiger charge is -2.29. The highest BCUT2D eigenvalue weighted by atomic mass is 32.2. The van der Waals surface area contributed by atoms with Gasteiger partial charge < -0.3 is 15.5 Å². The molecule has 0 radical (unpaired) electrons. The SMILES string of the molecule is CCN(CC)CCN1C(N)=NCC1CCSC. The van der Waals surface area contributed by atoms with Gasteiger partial charge in [-0.25, -0.2) is 0 Å². The Kier molecular flexibility index (Phi) is 6.73. The minimum atomic E-state index is 0.526. The molecular weight excluding hydrogens is 232 g/mol. The van der Waals surface area contributed by atoms with Gasteiger partial charge in [-0.1, -0.05) is 13.8 Å². The van der Waals surface area contributed by atoms with E-state index in [4.69, 9.17) is 5.73 Å². The number of aliphatic imine (C=N–C) groups is 1. The molecule has 0 aromatic rings. The Morgan fingerprint density at radius 2 is 2.18 bits per heavy atom. The summed E-state index contributed by atoms with van der Waals surface area (Å²) in [6.45, 7) is 9.60. The van der Waals surface area contributed by atoms with E-state index in [0.29, 0.717) is 6.04 Å². The van der Waals surface area contributed by atoms with Crippen LogP contribution in [0, 0.1) is 0 Å². The van der Waals surface area contributed by atoms with Gasteiger partial charge in [0.25, 0.3) is 0 Å². The molecule has 0 fully saturated rings. The van der Waals surface area contributed by atoms with E-state index in [-0.39, 0.29) is 0 Å². The van der Waals surface area contributed by atoms with Crippen LogP contribution in [0.4, 0.5) is 0 Å². The molecule has 5 heteroatoms. The van der Waals surface area contributed by atoms with Crippen molar-refractivity contribution in [2.45, 2.75) is 26.3 Å². The second kappa shape index (κ2) is 7.82. The molecule has 0 amide bonds. The number of nitrogens with zero attached hydrogens (tertiary/aromatic N) is 3. The molecule has 4 nitrogen and oxygen atoms in total. The second-order valence-corrected chi connectivity index (χ2v) is 5.34. The number of likely N-dealkylation sites (N-methyl/N-ethyl adjacent to an activating group) is 1. The molecule has 1 aliphatic heterocycles. The molecule has 0 aromatic heterocycles. The van der Waals surface area contributed by atoms with Gasteiger partial charge in [-0.15, -0.1) is 0 Å². The van der Waals surface area contributed by atoms with Crippen LogP contribution in [0.2, 0.25) is 0 Å². The Morgan fingerprint density at radius 1 is 1.47 bits per heavy atom. The summed E-state index contributed by atoms with van der Waals surface area (Å²) in [6.07, 6.45) is 3.34. The van der Waals surface area contributed by atoms with E-state index >= 15 is 0 Å². The molecule has 1 heterocycles. The maximum atomic E-state index is 5.96. The van der Waals surface area contributed by atoms with Crippen LogP contribution in [0.5, 0.6) is 0 Å². The molecule has 0 saturated heterocycles. The highest BCUT2D eigenvalue weighted by molar-refractivity contribution is 7.98. The third-order valence-corrected chi connectivity index (χ3v) is 4.05. The van der Waals surface area contributed by atoms with Crippen molar-refractivity contribution in [1.82, 2.24) is 9.80 Å². The Labute approximate surface area is 110 Å². The van der Waals surface area contributed by atoms with E-state index in [2.05, 4.69) is 34.9 Å². The van der Waals surface area contributed by atoms with E-state index in [1.165, 1.54) is 12.2 Å². The van der Waals surface area contributed by atoms with E-state index in [1.807, 2.05) is 11.8 Å². The van der Waals surface area contributed by atoms with Crippen LogP contribution in [0.25, 0.3) is 0 Å². The van der Waals surface area contributed by atoms with Crippen molar-refractivity contribution < 1.29 is 0 Å². The van der Waals surface area contributed by atoms with Crippen LogP contribution in [0.15, 0.2) is 4.99 Å². The number of guanidine groups is 1. The number of nitrogens with two attached hydrogens (primary N) is 1. The molecule has 1 rings (SSSR count). The first kappa shape index (κ1) is 14.6. The number of hydrogen-bond acceptors (Lipinski definition) is 5. The standard InChI is InChI=1S/C12H26N4S/c1-4-15(5-2)7-8-16-11(6-9-17-3)10-14-12(16)13/h11H,4-10H2,1-3H3,(H2,13,14). The minimum absolute atomic E-state index is 0.526. The Hall–Kier alpha value is -0.420. The smallest absolute Gasteiger partial charge is 0.191 e. The van der Waals surface area contributed by atoms with Crippen molar-refractivity contribution in [2.24, 2.45) is 10.7 Å². The fourth-order valence-corrected chi connectivity index (χ4v) is 2.67. The van der Waals surface area contributed by atoms with Gasteiger partial charge in [-0.05, 0) is 31.5 Å². The van der Waals surface area contributed by atoms with Crippen LogP contribution < -0.4 is 5.73 Å². The molecule has 0 bridgehead atoms. The monoisotopic (exact) mass is 258 g/mol. The zero-order valence-corrected chi connectivity index (χ0v) is 12.2. The van der Waals surface area contributed by atoms with Gasteiger partial charge in [0.1, 0.15) is 0 Å². The van der Waals surface area contributed by atoms with Gasteiger partial charge in [0.2, 0.25) is 0 Å². The fourth-order valence-electron chi connectivity index (χ4n) is 2.16. The van der Waals surface area contributed by atoms with E-state index < -0.39 is 0 Å². The van der Waals surface area contributed by atoms with Crippen molar-refractivity contribution in [2.75, 3.05) is 44.7 Å². The van der Waals surface area contributed by atoms with Crippen molar-refractivity contribution in [3.05, 3.63) is 0 Å². The Morgan fingerprint density at radius 3 is 2.76 bits per heavy atom. The summed E-state index contributed by atoms with van der Waals surface area (Å²) in [5.41, 5.74) is 5.96. The normalized spacial score (nSPS) is 20.1. The van der Waals surface area contributed by atoms with Crippen molar-refractivity contribution in [3.63, 3.8) is 0 Å². The van der Waals surface area contributed by atoms with Crippen LogP contribution in [0.3, 0.4) is 0 Å². The first-order valence-corrected chi connectivity index (χ1v) is 7.90. The topological polar surface area (TPSA) is 44.9 Å². The number of hydrogen-bond donors (Lipinski definition) is 1. The molecule has 100 valence electrons. The summed E-state index contributed by atoms with van der Waals surface area (Å²) in [6, 6.07) is 0.526. The molecule has 0 aromatic carbocycles. The molecule has 1 aliphatic rings. The molecule has 1 unspecified atom stereocenters. The van der Waals surface area contributed by atoms with Gasteiger partial charge in [-0.3, -0.25) is 4.99 Å². The summed E-state index contributed by atoms with van der Waals surface area (Å²) < 4.78 is 0. The Bertz CT molecular complexity index is 241. The minimum Gasteiger partial charge on any atom is -0.370 e. The van der Waals surface area contributed by atoms with Crippen LogP contribution in [-0.4, -0.2) is 66.5 Å². The molecule has 2 N–H and O–H groups in total. The quantitative estimate of drug-likeness (QED) is 0.708. The van der Waals surface area contributed by atoms with Gasteiger partial charge in [0, 0.05) is 13.1 Å². The lowest BCUT2D eigenvalue weighted by atomic mass is 10.2. The summed E-state index contributed by atoms with van der Waals surface area (Å²) in [7, 11) is 0. The average molecular weight is 258 g/mol. The average Bonchev–Trinajstić information content (AvgIpc) is 2.69. The maximum Gasteiger partial charge on any atom is 0.191 e. The summed E-state index contributed by atoms with van der Waals surface area (Å²) in [4.78, 5) is 9.09. The molecule has 1 atom stereocenters. The zero-order valence-electron chi connectivity index (χ0n) is 11.4. The lowest BCUT2D eigenvalue weighted by molar-refractivity contribution is 0.245. The molecule has 0 saturated carbocycles. The van der Waals surface area contributed by atoms with Crippen molar-refractivity contribution >= 4 is 17.7 Å². The van der Waals surface area contributed by atoms with Crippen molar-refractivity contribution in [3.8, 4) is 0 Å². The zero-order chi connectivity index (χ0) is 12.7. The van der Waals surface area contributed by atoms with E-state index in [1.54, 1.807) is 0 Å². The summed E-state index contributed by atoms with van der Waals surface area (Å²) in [5.74, 6) is 1.93. The van der Waals surface area contributed by atoms with Crippen molar-refractivity contribution in [1.29, 1.82) is 0 Å². The number of thioether (sulfide) groups is 1. The van der Waals surface area contributed by atoms with Gasteiger partial charge in [0.15, 0.2) is 5.96 Å². The summed E-state index contributed by atoms with van der Waals surface area (Å²) in [5, 5.41) is 0. The van der Waals surface area contributed by atoms with Crippen LogP contribution >= 0.6 is 11.8 Å². The predicted octanol–water partition coefficient (Wildman–Crippen LogP) is 1.08. The summed E-state index contributed by atoms with van der Waals surface area (Å²) >= 11 is 1.90. The molecule has 0 spiro atoms. The molecule has 17 heavy (non-hydrogen) atoms. The van der Waals surface area contributed by atoms with Crippen LogP contribution in [-0.2, 0) is 0 Å². The van der Waals surface area contributed by atoms with E-state index in [9.17, 15) is 0 Å². The van der Waals surface area contributed by atoms with Gasteiger partial charge in [0.05, 0.1) is 12.6 Å². The maximum absolute atomic E-state index is 5.96. The van der Waals surface area contributed by atoms with Crippen LogP contribution in [0.1, 0.15) is 20.3 Å². The predicted molar refractivity (Wildman–Crippen MR) is 77.8 cm³/mol. The third kappa shape index (κ3) is 4.39. The largest absolute Gasteiger partial charge is 0.370 e. The Balaban J connectivity index is 2.39. The first-order chi connectivity index (χ1) is 8.22. The lowest BCUT2D eigenvalue weighted by Crippen LogP contribution is -2.45.